The number of rotatable bonds is 4. The number of carbonyl (C=O) groups excluding carboxylic acids is 2. The summed E-state index contributed by atoms with van der Waals surface area (Å²) in [4.78, 5) is 28.2. The van der Waals surface area contributed by atoms with Gasteiger partial charge >= 0.3 is 6.03 Å². The number of amides is 3. The van der Waals surface area contributed by atoms with Gasteiger partial charge in [0.25, 0.3) is 0 Å². The number of aryl methyl sites for hydroxylation is 1. The van der Waals surface area contributed by atoms with E-state index in [1.807, 2.05) is 49.4 Å². The molecular formula is C23H20N4O2. The van der Waals surface area contributed by atoms with Crippen molar-refractivity contribution in [3.8, 4) is 11.8 Å². The van der Waals surface area contributed by atoms with E-state index in [1.165, 1.54) is 0 Å². The number of carbonyl (C=O) groups is 2. The Balaban J connectivity index is 1.51. The monoisotopic (exact) mass is 384 g/mol. The molecule has 3 aromatic rings. The van der Waals surface area contributed by atoms with Crippen LogP contribution in [-0.4, -0.2) is 23.5 Å². The summed E-state index contributed by atoms with van der Waals surface area (Å²) in [6, 6.07) is 19.7. The predicted octanol–water partition coefficient (Wildman–Crippen LogP) is 3.55. The van der Waals surface area contributed by atoms with Crippen LogP contribution in [0.2, 0.25) is 0 Å². The third kappa shape index (κ3) is 6.52. The molecule has 29 heavy (non-hydrogen) atoms. The standard InChI is InChI=1S/C23H20N4O2/c1-17-6-4-9-20(14-17)27-23(29)25-16-22(28)26-21-10-5-7-18(15-21)11-12-19-8-2-3-13-24-19/h2-10,13-15H,16H2,1H3,(H,26,28)(H2,25,27,29). The van der Waals surface area contributed by atoms with Gasteiger partial charge in [-0.25, -0.2) is 9.78 Å². The number of hydrogen-bond acceptors (Lipinski definition) is 3. The number of pyridine rings is 1. The van der Waals surface area contributed by atoms with E-state index in [-0.39, 0.29) is 12.5 Å². The molecule has 6 heteroatoms. The summed E-state index contributed by atoms with van der Waals surface area (Å²) in [5.41, 5.74) is 3.72. The first-order chi connectivity index (χ1) is 14.1. The van der Waals surface area contributed by atoms with Crippen LogP contribution in [0, 0.1) is 18.8 Å². The second-order valence-electron chi connectivity index (χ2n) is 6.27. The van der Waals surface area contributed by atoms with E-state index in [0.717, 1.165) is 11.1 Å². The van der Waals surface area contributed by atoms with Crippen molar-refractivity contribution in [2.24, 2.45) is 0 Å². The zero-order valence-corrected chi connectivity index (χ0v) is 15.9. The molecule has 0 atom stereocenters. The van der Waals surface area contributed by atoms with Gasteiger partial charge in [-0.15, -0.1) is 0 Å². The highest BCUT2D eigenvalue weighted by atomic mass is 16.2. The van der Waals surface area contributed by atoms with Crippen molar-refractivity contribution in [3.63, 3.8) is 0 Å². The van der Waals surface area contributed by atoms with Crippen LogP contribution >= 0.6 is 0 Å². The van der Waals surface area contributed by atoms with Crippen LogP contribution in [0.25, 0.3) is 0 Å². The lowest BCUT2D eigenvalue weighted by molar-refractivity contribution is -0.115. The summed E-state index contributed by atoms with van der Waals surface area (Å²) < 4.78 is 0. The van der Waals surface area contributed by atoms with Crippen molar-refractivity contribution in [2.75, 3.05) is 17.2 Å². The minimum absolute atomic E-state index is 0.151. The molecule has 0 aliphatic carbocycles. The third-order valence-corrected chi connectivity index (χ3v) is 3.83. The first-order valence-corrected chi connectivity index (χ1v) is 9.03. The predicted molar refractivity (Wildman–Crippen MR) is 113 cm³/mol. The molecule has 0 aliphatic heterocycles. The van der Waals surface area contributed by atoms with Gasteiger partial charge in [0, 0.05) is 23.1 Å². The lowest BCUT2D eigenvalue weighted by atomic mass is 10.2. The number of hydrogen-bond donors (Lipinski definition) is 3. The second-order valence-corrected chi connectivity index (χ2v) is 6.27. The molecule has 0 radical (unpaired) electrons. The summed E-state index contributed by atoms with van der Waals surface area (Å²) in [6.45, 7) is 1.78. The Morgan fingerprint density at radius 3 is 2.45 bits per heavy atom. The molecule has 3 N–H and O–H groups in total. The second kappa shape index (κ2) is 9.72. The first-order valence-electron chi connectivity index (χ1n) is 9.03. The van der Waals surface area contributed by atoms with Crippen molar-refractivity contribution >= 4 is 23.3 Å². The highest BCUT2D eigenvalue weighted by Crippen LogP contribution is 2.10. The molecule has 0 aliphatic rings. The van der Waals surface area contributed by atoms with E-state index in [4.69, 9.17) is 0 Å². The fraction of sp³-hybridized carbons (Fsp3) is 0.0870. The molecule has 0 spiro atoms. The minimum atomic E-state index is -0.444. The van der Waals surface area contributed by atoms with Gasteiger partial charge in [0.15, 0.2) is 0 Å². The van der Waals surface area contributed by atoms with Crippen LogP contribution in [0.5, 0.6) is 0 Å². The highest BCUT2D eigenvalue weighted by molar-refractivity contribution is 5.97. The number of benzene rings is 2. The lowest BCUT2D eigenvalue weighted by Crippen LogP contribution is -2.35. The normalized spacial score (nSPS) is 9.69. The highest BCUT2D eigenvalue weighted by Gasteiger charge is 2.06. The Labute approximate surface area is 169 Å². The van der Waals surface area contributed by atoms with Crippen molar-refractivity contribution < 1.29 is 9.59 Å². The zero-order chi connectivity index (χ0) is 20.5. The van der Waals surface area contributed by atoms with Gasteiger partial charge in [0.05, 0.1) is 6.54 Å². The Bertz CT molecular complexity index is 1070. The van der Waals surface area contributed by atoms with Crippen LogP contribution in [0.3, 0.4) is 0 Å². The fourth-order valence-corrected chi connectivity index (χ4v) is 2.51. The van der Waals surface area contributed by atoms with Gasteiger partial charge < -0.3 is 16.0 Å². The van der Waals surface area contributed by atoms with Crippen LogP contribution in [0.4, 0.5) is 16.2 Å². The van der Waals surface area contributed by atoms with Crippen molar-refractivity contribution in [2.45, 2.75) is 6.92 Å². The molecule has 144 valence electrons. The molecule has 0 unspecified atom stereocenters. The summed E-state index contributed by atoms with van der Waals surface area (Å²) in [7, 11) is 0. The molecule has 0 saturated heterocycles. The molecule has 1 heterocycles. The number of anilines is 2. The maximum absolute atomic E-state index is 12.1. The van der Waals surface area contributed by atoms with Crippen LogP contribution in [0.1, 0.15) is 16.8 Å². The van der Waals surface area contributed by atoms with Crippen molar-refractivity contribution in [3.05, 3.63) is 89.7 Å². The lowest BCUT2D eigenvalue weighted by Gasteiger charge is -2.09. The van der Waals surface area contributed by atoms with E-state index in [0.29, 0.717) is 17.1 Å². The molecule has 6 nitrogen and oxygen atoms in total. The van der Waals surface area contributed by atoms with Gasteiger partial charge in [0.2, 0.25) is 5.91 Å². The Morgan fingerprint density at radius 2 is 1.69 bits per heavy atom. The third-order valence-electron chi connectivity index (χ3n) is 3.83. The van der Waals surface area contributed by atoms with Gasteiger partial charge in [0.1, 0.15) is 5.69 Å². The summed E-state index contributed by atoms with van der Waals surface area (Å²) in [6.07, 6.45) is 1.68. The molecule has 3 rings (SSSR count). The van der Waals surface area contributed by atoms with Gasteiger partial charge in [-0.2, -0.15) is 0 Å². The number of nitrogens with one attached hydrogen (secondary N) is 3. The molecule has 3 amide bonds. The SMILES string of the molecule is Cc1cccc(NC(=O)NCC(=O)Nc2cccc(C#Cc3ccccn3)c2)c1. The van der Waals surface area contributed by atoms with Crippen LogP contribution in [0.15, 0.2) is 72.9 Å². The average molecular weight is 384 g/mol. The Kier molecular flexibility index (Phi) is 6.58. The maximum atomic E-state index is 12.1. The first kappa shape index (κ1) is 19.6. The van der Waals surface area contributed by atoms with Crippen LogP contribution < -0.4 is 16.0 Å². The van der Waals surface area contributed by atoms with E-state index in [2.05, 4.69) is 32.8 Å². The van der Waals surface area contributed by atoms with E-state index < -0.39 is 6.03 Å². The van der Waals surface area contributed by atoms with Gasteiger partial charge in [-0.05, 0) is 60.9 Å². The van der Waals surface area contributed by atoms with Crippen molar-refractivity contribution in [1.29, 1.82) is 0 Å². The number of urea groups is 1. The van der Waals surface area contributed by atoms with Gasteiger partial charge in [-0.3, -0.25) is 4.79 Å². The maximum Gasteiger partial charge on any atom is 0.319 e. The van der Waals surface area contributed by atoms with E-state index >= 15 is 0 Å². The quantitative estimate of drug-likeness (QED) is 0.602. The smallest absolute Gasteiger partial charge is 0.319 e. The largest absolute Gasteiger partial charge is 0.329 e. The molecule has 2 aromatic carbocycles. The molecule has 0 fully saturated rings. The molecular weight excluding hydrogens is 364 g/mol. The van der Waals surface area contributed by atoms with Crippen LogP contribution in [-0.2, 0) is 4.79 Å². The van der Waals surface area contributed by atoms with E-state index in [1.54, 1.807) is 30.5 Å². The summed E-state index contributed by atoms with van der Waals surface area (Å²) in [5, 5.41) is 7.97. The average Bonchev–Trinajstić information content (AvgIpc) is 2.72. The number of aromatic nitrogens is 1. The fourth-order valence-electron chi connectivity index (χ4n) is 2.51. The Hall–Kier alpha value is -4.11. The Morgan fingerprint density at radius 1 is 0.897 bits per heavy atom. The molecule has 0 saturated carbocycles. The summed E-state index contributed by atoms with van der Waals surface area (Å²) in [5.74, 6) is 5.65. The minimum Gasteiger partial charge on any atom is -0.329 e. The topological polar surface area (TPSA) is 83.1 Å². The van der Waals surface area contributed by atoms with Crippen molar-refractivity contribution in [1.82, 2.24) is 10.3 Å². The molecule has 0 bridgehead atoms. The summed E-state index contributed by atoms with van der Waals surface area (Å²) >= 11 is 0. The van der Waals surface area contributed by atoms with Gasteiger partial charge in [-0.1, -0.05) is 30.2 Å². The number of nitrogens with zero attached hydrogens (tertiary/aromatic N) is 1. The van der Waals surface area contributed by atoms with E-state index in [9.17, 15) is 9.59 Å². The molecule has 1 aromatic heterocycles. The zero-order valence-electron chi connectivity index (χ0n) is 15.9.